The van der Waals surface area contributed by atoms with E-state index in [1.807, 2.05) is 0 Å². The minimum Gasteiger partial charge on any atom is -0.378 e. The first kappa shape index (κ1) is 7.59. The molecule has 1 aliphatic rings. The van der Waals surface area contributed by atoms with Crippen molar-refractivity contribution >= 4 is 0 Å². The van der Waals surface area contributed by atoms with Crippen LogP contribution in [0.15, 0.2) is 0 Å². The van der Waals surface area contributed by atoms with E-state index < -0.39 is 5.60 Å². The van der Waals surface area contributed by atoms with Crippen LogP contribution in [0.25, 0.3) is 0 Å². The molecule has 0 amide bonds. The second-order valence-corrected chi connectivity index (χ2v) is 2.78. The fourth-order valence-electron chi connectivity index (χ4n) is 1.20. The van der Waals surface area contributed by atoms with Crippen molar-refractivity contribution in [2.45, 2.75) is 24.9 Å². The smallest absolute Gasteiger partial charge is 0.126 e. The van der Waals surface area contributed by atoms with Gasteiger partial charge in [-0.05, 0) is 32.4 Å². The lowest BCUT2D eigenvalue weighted by Gasteiger charge is -2.18. The normalized spacial score (nSPS) is 34.4. The molecule has 0 radical (unpaired) electrons. The van der Waals surface area contributed by atoms with E-state index in [1.54, 1.807) is 0 Å². The molecular weight excluding hydrogens is 126 g/mol. The summed E-state index contributed by atoms with van der Waals surface area (Å²) in [6.07, 6.45) is 7.57. The van der Waals surface area contributed by atoms with E-state index in [-0.39, 0.29) is 0 Å². The van der Waals surface area contributed by atoms with Gasteiger partial charge in [-0.25, -0.2) is 0 Å². The minimum absolute atomic E-state index is 0.684. The van der Waals surface area contributed by atoms with Crippen molar-refractivity contribution in [3.63, 3.8) is 0 Å². The molecule has 0 aliphatic carbocycles. The first-order valence-corrected chi connectivity index (χ1v) is 3.68. The number of nitrogens with one attached hydrogen (secondary N) is 1. The summed E-state index contributed by atoms with van der Waals surface area (Å²) in [6, 6.07) is 0. The molecule has 1 unspecified atom stereocenters. The standard InChI is InChI=1S/C8H13NO/c1-2-8(10)4-3-6-9-7-5-8/h1,9-10H,3-7H2. The van der Waals surface area contributed by atoms with Crippen LogP contribution < -0.4 is 5.32 Å². The molecule has 1 fully saturated rings. The van der Waals surface area contributed by atoms with E-state index >= 15 is 0 Å². The van der Waals surface area contributed by atoms with Gasteiger partial charge in [0.25, 0.3) is 0 Å². The van der Waals surface area contributed by atoms with Crippen molar-refractivity contribution in [1.29, 1.82) is 0 Å². The van der Waals surface area contributed by atoms with E-state index in [2.05, 4.69) is 11.2 Å². The molecule has 56 valence electrons. The third-order valence-electron chi connectivity index (χ3n) is 1.93. The van der Waals surface area contributed by atoms with Gasteiger partial charge in [-0.1, -0.05) is 5.92 Å². The van der Waals surface area contributed by atoms with Crippen LogP contribution in [0.5, 0.6) is 0 Å². The van der Waals surface area contributed by atoms with Gasteiger partial charge < -0.3 is 10.4 Å². The molecule has 2 nitrogen and oxygen atoms in total. The maximum Gasteiger partial charge on any atom is 0.126 e. The summed E-state index contributed by atoms with van der Waals surface area (Å²) >= 11 is 0. The van der Waals surface area contributed by atoms with Crippen LogP contribution >= 0.6 is 0 Å². The number of hydrogen-bond acceptors (Lipinski definition) is 2. The molecule has 2 N–H and O–H groups in total. The van der Waals surface area contributed by atoms with Crippen LogP contribution in [0.4, 0.5) is 0 Å². The lowest BCUT2D eigenvalue weighted by Crippen LogP contribution is -2.27. The summed E-state index contributed by atoms with van der Waals surface area (Å²) in [5.74, 6) is 2.44. The Bertz CT molecular complexity index is 140. The molecule has 1 aliphatic heterocycles. The summed E-state index contributed by atoms with van der Waals surface area (Å²) < 4.78 is 0. The topological polar surface area (TPSA) is 32.3 Å². The molecule has 0 aromatic heterocycles. The van der Waals surface area contributed by atoms with Gasteiger partial charge in [0.15, 0.2) is 0 Å². The molecule has 1 saturated heterocycles. The predicted octanol–water partition coefficient (Wildman–Crippen LogP) is 0.124. The van der Waals surface area contributed by atoms with Crippen LogP contribution in [-0.4, -0.2) is 23.8 Å². The Morgan fingerprint density at radius 3 is 2.90 bits per heavy atom. The summed E-state index contributed by atoms with van der Waals surface area (Å²) in [5.41, 5.74) is -0.830. The molecule has 0 spiro atoms. The second-order valence-electron chi connectivity index (χ2n) is 2.78. The Morgan fingerprint density at radius 2 is 2.20 bits per heavy atom. The highest BCUT2D eigenvalue weighted by atomic mass is 16.3. The monoisotopic (exact) mass is 139 g/mol. The molecule has 0 aromatic rings. The highest BCUT2D eigenvalue weighted by molar-refractivity contribution is 5.07. The summed E-state index contributed by atoms with van der Waals surface area (Å²) in [6.45, 7) is 1.81. The summed E-state index contributed by atoms with van der Waals surface area (Å²) in [7, 11) is 0. The third kappa shape index (κ3) is 1.73. The zero-order chi connectivity index (χ0) is 7.45. The molecule has 1 rings (SSSR count). The SMILES string of the molecule is C#CC1(O)CCCNCC1. The van der Waals surface area contributed by atoms with E-state index in [0.717, 1.165) is 25.9 Å². The van der Waals surface area contributed by atoms with Gasteiger partial charge in [-0.3, -0.25) is 0 Å². The lowest BCUT2D eigenvalue weighted by atomic mass is 9.96. The van der Waals surface area contributed by atoms with Crippen LogP contribution in [0.2, 0.25) is 0 Å². The zero-order valence-electron chi connectivity index (χ0n) is 6.06. The first-order valence-electron chi connectivity index (χ1n) is 3.68. The highest BCUT2D eigenvalue weighted by Gasteiger charge is 2.24. The molecule has 1 atom stereocenters. The van der Waals surface area contributed by atoms with Crippen LogP contribution in [0.3, 0.4) is 0 Å². The largest absolute Gasteiger partial charge is 0.378 e. The van der Waals surface area contributed by atoms with Gasteiger partial charge in [0, 0.05) is 0 Å². The molecule has 0 aromatic carbocycles. The second kappa shape index (κ2) is 3.05. The number of terminal acetylenes is 1. The maximum atomic E-state index is 9.58. The number of rotatable bonds is 0. The van der Waals surface area contributed by atoms with E-state index in [1.165, 1.54) is 0 Å². The van der Waals surface area contributed by atoms with Crippen molar-refractivity contribution in [3.05, 3.63) is 0 Å². The summed E-state index contributed by atoms with van der Waals surface area (Å²) in [4.78, 5) is 0. The fourth-order valence-corrected chi connectivity index (χ4v) is 1.20. The molecule has 0 saturated carbocycles. The molecule has 1 heterocycles. The zero-order valence-corrected chi connectivity index (χ0v) is 6.06. The van der Waals surface area contributed by atoms with Gasteiger partial charge in [-0.2, -0.15) is 0 Å². The summed E-state index contributed by atoms with van der Waals surface area (Å²) in [5, 5.41) is 12.8. The number of aliphatic hydroxyl groups is 1. The maximum absolute atomic E-state index is 9.58. The van der Waals surface area contributed by atoms with Crippen LogP contribution in [0, 0.1) is 12.3 Å². The van der Waals surface area contributed by atoms with E-state index in [9.17, 15) is 5.11 Å². The highest BCUT2D eigenvalue weighted by Crippen LogP contribution is 2.17. The fraction of sp³-hybridized carbons (Fsp3) is 0.750. The average molecular weight is 139 g/mol. The van der Waals surface area contributed by atoms with Crippen LogP contribution in [0.1, 0.15) is 19.3 Å². The Labute approximate surface area is 61.6 Å². The van der Waals surface area contributed by atoms with E-state index in [0.29, 0.717) is 6.42 Å². The Balaban J connectivity index is 2.51. The van der Waals surface area contributed by atoms with Crippen molar-refractivity contribution in [2.24, 2.45) is 0 Å². The van der Waals surface area contributed by atoms with Crippen molar-refractivity contribution in [1.82, 2.24) is 5.32 Å². The predicted molar refractivity (Wildman–Crippen MR) is 40.5 cm³/mol. The molecular formula is C8H13NO. The quantitative estimate of drug-likeness (QED) is 0.467. The van der Waals surface area contributed by atoms with Crippen molar-refractivity contribution < 1.29 is 5.11 Å². The van der Waals surface area contributed by atoms with Gasteiger partial charge in [0.1, 0.15) is 5.60 Å². The van der Waals surface area contributed by atoms with Crippen molar-refractivity contribution in [2.75, 3.05) is 13.1 Å². The lowest BCUT2D eigenvalue weighted by molar-refractivity contribution is 0.0886. The van der Waals surface area contributed by atoms with Crippen molar-refractivity contribution in [3.8, 4) is 12.3 Å². The van der Waals surface area contributed by atoms with Gasteiger partial charge in [0.05, 0.1) is 0 Å². The molecule has 0 bridgehead atoms. The Kier molecular flexibility index (Phi) is 2.31. The number of hydrogen-bond donors (Lipinski definition) is 2. The van der Waals surface area contributed by atoms with Crippen LogP contribution in [-0.2, 0) is 0 Å². The molecule has 10 heavy (non-hydrogen) atoms. The third-order valence-corrected chi connectivity index (χ3v) is 1.93. The average Bonchev–Trinajstić information content (AvgIpc) is 2.15. The minimum atomic E-state index is -0.830. The van der Waals surface area contributed by atoms with Gasteiger partial charge in [0.2, 0.25) is 0 Å². The van der Waals surface area contributed by atoms with Gasteiger partial charge >= 0.3 is 0 Å². The first-order chi connectivity index (χ1) is 4.77. The molecule has 2 heteroatoms. The van der Waals surface area contributed by atoms with Gasteiger partial charge in [-0.15, -0.1) is 6.42 Å². The van der Waals surface area contributed by atoms with E-state index in [4.69, 9.17) is 6.42 Å². The Hall–Kier alpha value is -0.520. The Morgan fingerprint density at radius 1 is 1.40 bits per heavy atom.